The van der Waals surface area contributed by atoms with Crippen LogP contribution in [0.15, 0.2) is 24.3 Å². The zero-order chi connectivity index (χ0) is 13.7. The molecule has 0 saturated heterocycles. The van der Waals surface area contributed by atoms with Gasteiger partial charge in [-0.3, -0.25) is 0 Å². The van der Waals surface area contributed by atoms with Crippen LogP contribution in [0.25, 0.3) is 0 Å². The zero-order valence-electron chi connectivity index (χ0n) is 11.7. The molecule has 1 aliphatic rings. The molecular formula is C15H23NO3. The predicted octanol–water partition coefficient (Wildman–Crippen LogP) is 1.97. The van der Waals surface area contributed by atoms with Crippen LogP contribution < -0.4 is 14.8 Å². The van der Waals surface area contributed by atoms with E-state index in [9.17, 15) is 5.11 Å². The molecule has 2 rings (SSSR count). The van der Waals surface area contributed by atoms with Crippen LogP contribution in [0.1, 0.15) is 26.7 Å². The molecule has 106 valence electrons. The van der Waals surface area contributed by atoms with Crippen molar-refractivity contribution in [3.05, 3.63) is 24.3 Å². The van der Waals surface area contributed by atoms with Crippen LogP contribution in [-0.4, -0.2) is 36.5 Å². The molecule has 1 aromatic carbocycles. The molecule has 1 aliphatic carbocycles. The van der Waals surface area contributed by atoms with Gasteiger partial charge < -0.3 is 19.9 Å². The van der Waals surface area contributed by atoms with Gasteiger partial charge in [-0.25, -0.2) is 0 Å². The van der Waals surface area contributed by atoms with Gasteiger partial charge in [-0.05, 0) is 38.8 Å². The summed E-state index contributed by atoms with van der Waals surface area (Å²) >= 11 is 0. The summed E-state index contributed by atoms with van der Waals surface area (Å²) in [5, 5.41) is 13.0. The lowest BCUT2D eigenvalue weighted by atomic mass is 10.1. The Morgan fingerprint density at radius 3 is 2.42 bits per heavy atom. The van der Waals surface area contributed by atoms with Gasteiger partial charge in [0.2, 0.25) is 0 Å². The Kier molecular flexibility index (Phi) is 4.66. The topological polar surface area (TPSA) is 50.7 Å². The highest BCUT2D eigenvalue weighted by molar-refractivity contribution is 5.39. The number of aliphatic hydroxyl groups is 1. The molecule has 2 N–H and O–H groups in total. The molecule has 19 heavy (non-hydrogen) atoms. The fraction of sp³-hybridized carbons (Fsp3) is 0.600. The van der Waals surface area contributed by atoms with Crippen molar-refractivity contribution in [3.8, 4) is 11.5 Å². The van der Waals surface area contributed by atoms with Gasteiger partial charge in [-0.1, -0.05) is 12.1 Å². The van der Waals surface area contributed by atoms with Crippen LogP contribution in [0.5, 0.6) is 11.5 Å². The van der Waals surface area contributed by atoms with E-state index in [1.807, 2.05) is 38.1 Å². The molecule has 0 aliphatic heterocycles. The van der Waals surface area contributed by atoms with Gasteiger partial charge in [0.25, 0.3) is 0 Å². The molecule has 1 unspecified atom stereocenters. The van der Waals surface area contributed by atoms with Crippen LogP contribution in [0.4, 0.5) is 0 Å². The smallest absolute Gasteiger partial charge is 0.161 e. The minimum atomic E-state index is -0.402. The molecule has 0 spiro atoms. The Bertz CT molecular complexity index is 406. The highest BCUT2D eigenvalue weighted by atomic mass is 16.5. The van der Waals surface area contributed by atoms with Gasteiger partial charge in [-0.2, -0.15) is 0 Å². The third kappa shape index (κ3) is 4.11. The largest absolute Gasteiger partial charge is 0.490 e. The van der Waals surface area contributed by atoms with Gasteiger partial charge in [0.15, 0.2) is 11.5 Å². The van der Waals surface area contributed by atoms with Crippen LogP contribution in [0.3, 0.4) is 0 Å². The highest BCUT2D eigenvalue weighted by Gasteiger charge is 2.32. The van der Waals surface area contributed by atoms with Crippen LogP contribution >= 0.6 is 0 Å². The number of para-hydroxylation sites is 2. The minimum absolute atomic E-state index is 0.0559. The first-order valence-electron chi connectivity index (χ1n) is 6.90. The molecule has 1 aromatic rings. The maximum absolute atomic E-state index is 9.54. The Morgan fingerprint density at radius 2 is 1.89 bits per heavy atom. The van der Waals surface area contributed by atoms with Gasteiger partial charge in [0, 0.05) is 6.04 Å². The average Bonchev–Trinajstić information content (AvgIpc) is 3.22. The number of hydrogen-bond acceptors (Lipinski definition) is 4. The maximum atomic E-state index is 9.54. The Morgan fingerprint density at radius 1 is 1.26 bits per heavy atom. The van der Waals surface area contributed by atoms with Gasteiger partial charge >= 0.3 is 0 Å². The van der Waals surface area contributed by atoms with Crippen LogP contribution in [0, 0.1) is 0 Å². The van der Waals surface area contributed by atoms with Crippen molar-refractivity contribution in [1.82, 2.24) is 5.32 Å². The van der Waals surface area contributed by atoms with E-state index >= 15 is 0 Å². The van der Waals surface area contributed by atoms with E-state index in [1.165, 1.54) is 12.8 Å². The first-order chi connectivity index (χ1) is 9.17. The first kappa shape index (κ1) is 14.2. The third-order valence-electron chi connectivity index (χ3n) is 3.17. The number of benzene rings is 1. The van der Waals surface area contributed by atoms with Crippen molar-refractivity contribution < 1.29 is 14.6 Å². The molecule has 4 nitrogen and oxygen atoms in total. The summed E-state index contributed by atoms with van der Waals surface area (Å²) in [5.41, 5.74) is -0.402. The summed E-state index contributed by atoms with van der Waals surface area (Å²) in [6.07, 6.45) is 2.37. The second-order valence-corrected chi connectivity index (χ2v) is 5.31. The SMILES string of the molecule is CCOc1ccccc1OCC(C)(CO)NC1CC1. The second kappa shape index (κ2) is 6.26. The molecular weight excluding hydrogens is 242 g/mol. The van der Waals surface area contributed by atoms with Crippen LogP contribution in [-0.2, 0) is 0 Å². The molecule has 0 bridgehead atoms. The van der Waals surface area contributed by atoms with Crippen molar-refractivity contribution in [3.63, 3.8) is 0 Å². The lowest BCUT2D eigenvalue weighted by molar-refractivity contribution is 0.112. The van der Waals surface area contributed by atoms with Gasteiger partial charge in [-0.15, -0.1) is 0 Å². The van der Waals surface area contributed by atoms with E-state index in [1.54, 1.807) is 0 Å². The summed E-state index contributed by atoms with van der Waals surface area (Å²) in [6.45, 7) is 5.01. The van der Waals surface area contributed by atoms with Crippen molar-refractivity contribution in [1.29, 1.82) is 0 Å². The van der Waals surface area contributed by atoms with Gasteiger partial charge in [0.1, 0.15) is 6.61 Å². The molecule has 0 aromatic heterocycles. The van der Waals surface area contributed by atoms with Crippen molar-refractivity contribution in [2.24, 2.45) is 0 Å². The van der Waals surface area contributed by atoms with E-state index < -0.39 is 5.54 Å². The molecule has 0 radical (unpaired) electrons. The number of nitrogens with one attached hydrogen (secondary N) is 1. The third-order valence-corrected chi connectivity index (χ3v) is 3.17. The standard InChI is InChI=1S/C15H23NO3/c1-3-18-13-6-4-5-7-14(13)19-11-15(2,10-17)16-12-8-9-12/h4-7,12,16-17H,3,8-11H2,1-2H3. The highest BCUT2D eigenvalue weighted by Crippen LogP contribution is 2.28. The Balaban J connectivity index is 1.96. The summed E-state index contributed by atoms with van der Waals surface area (Å²) in [4.78, 5) is 0. The molecule has 1 fully saturated rings. The number of ether oxygens (including phenoxy) is 2. The molecule has 0 amide bonds. The predicted molar refractivity (Wildman–Crippen MR) is 74.8 cm³/mol. The van der Waals surface area contributed by atoms with E-state index in [4.69, 9.17) is 9.47 Å². The molecule has 1 atom stereocenters. The maximum Gasteiger partial charge on any atom is 0.161 e. The quantitative estimate of drug-likeness (QED) is 0.754. The number of rotatable bonds is 8. The average molecular weight is 265 g/mol. The molecule has 1 saturated carbocycles. The fourth-order valence-electron chi connectivity index (χ4n) is 1.93. The van der Waals surface area contributed by atoms with Crippen molar-refractivity contribution >= 4 is 0 Å². The normalized spacial score (nSPS) is 17.8. The lowest BCUT2D eigenvalue weighted by Gasteiger charge is -2.29. The second-order valence-electron chi connectivity index (χ2n) is 5.31. The van der Waals surface area contributed by atoms with Crippen molar-refractivity contribution in [2.45, 2.75) is 38.3 Å². The summed E-state index contributed by atoms with van der Waals surface area (Å²) < 4.78 is 11.3. The number of hydrogen-bond donors (Lipinski definition) is 2. The van der Waals surface area contributed by atoms with E-state index in [0.717, 1.165) is 11.5 Å². The molecule has 4 heteroatoms. The Hall–Kier alpha value is -1.26. The lowest BCUT2D eigenvalue weighted by Crippen LogP contribution is -2.51. The summed E-state index contributed by atoms with van der Waals surface area (Å²) in [5.74, 6) is 1.47. The monoisotopic (exact) mass is 265 g/mol. The van der Waals surface area contributed by atoms with E-state index in [0.29, 0.717) is 19.3 Å². The molecule has 0 heterocycles. The Labute approximate surface area is 114 Å². The summed E-state index contributed by atoms with van der Waals surface area (Å²) in [6, 6.07) is 8.15. The van der Waals surface area contributed by atoms with Crippen LogP contribution in [0.2, 0.25) is 0 Å². The fourth-order valence-corrected chi connectivity index (χ4v) is 1.93. The minimum Gasteiger partial charge on any atom is -0.490 e. The zero-order valence-corrected chi connectivity index (χ0v) is 11.7. The van der Waals surface area contributed by atoms with E-state index in [2.05, 4.69) is 5.32 Å². The van der Waals surface area contributed by atoms with Crippen molar-refractivity contribution in [2.75, 3.05) is 19.8 Å². The van der Waals surface area contributed by atoms with E-state index in [-0.39, 0.29) is 6.61 Å². The van der Waals surface area contributed by atoms with Gasteiger partial charge in [0.05, 0.1) is 18.8 Å². The number of aliphatic hydroxyl groups excluding tert-OH is 1. The summed E-state index contributed by atoms with van der Waals surface area (Å²) in [7, 11) is 0. The first-order valence-corrected chi connectivity index (χ1v) is 6.90.